The normalized spacial score (nSPS) is 14.6. The summed E-state index contributed by atoms with van der Waals surface area (Å²) >= 11 is 0. The summed E-state index contributed by atoms with van der Waals surface area (Å²) in [6.45, 7) is 2.33. The third kappa shape index (κ3) is 3.48. The Bertz CT molecular complexity index is 718. The number of nitro groups is 1. The van der Waals surface area contributed by atoms with Crippen LogP contribution in [0.5, 0.6) is 0 Å². The SMILES string of the molecule is CN1CN(CCc2ccc(F)cc2)Cc2ccc([N+](=O)[O-])cc21. The zero-order valence-electron chi connectivity index (χ0n) is 12.9. The van der Waals surface area contributed by atoms with Gasteiger partial charge in [0.2, 0.25) is 0 Å². The van der Waals surface area contributed by atoms with E-state index in [1.54, 1.807) is 24.3 Å². The van der Waals surface area contributed by atoms with E-state index in [-0.39, 0.29) is 16.4 Å². The summed E-state index contributed by atoms with van der Waals surface area (Å²) in [4.78, 5) is 14.8. The molecule has 0 atom stereocenters. The highest BCUT2D eigenvalue weighted by molar-refractivity contribution is 5.59. The summed E-state index contributed by atoms with van der Waals surface area (Å²) < 4.78 is 12.9. The van der Waals surface area contributed by atoms with E-state index < -0.39 is 0 Å². The van der Waals surface area contributed by atoms with Crippen molar-refractivity contribution in [3.63, 3.8) is 0 Å². The lowest BCUT2D eigenvalue weighted by atomic mass is 10.1. The minimum Gasteiger partial charge on any atom is -0.361 e. The van der Waals surface area contributed by atoms with Gasteiger partial charge in [0.1, 0.15) is 5.82 Å². The Morgan fingerprint density at radius 3 is 2.65 bits per heavy atom. The fourth-order valence-electron chi connectivity index (χ4n) is 2.91. The molecule has 0 N–H and O–H groups in total. The first kappa shape index (κ1) is 15.4. The molecule has 5 nitrogen and oxygen atoms in total. The lowest BCUT2D eigenvalue weighted by Gasteiger charge is -2.36. The predicted octanol–water partition coefficient (Wildman–Crippen LogP) is 3.19. The average Bonchev–Trinajstić information content (AvgIpc) is 2.54. The first-order valence-electron chi connectivity index (χ1n) is 7.48. The fourth-order valence-corrected chi connectivity index (χ4v) is 2.91. The number of rotatable bonds is 4. The second-order valence-electron chi connectivity index (χ2n) is 5.84. The number of nitro benzene ring substituents is 1. The first-order chi connectivity index (χ1) is 11.0. The molecule has 0 radical (unpaired) electrons. The van der Waals surface area contributed by atoms with Crippen molar-refractivity contribution in [2.75, 3.05) is 25.2 Å². The van der Waals surface area contributed by atoms with Crippen LogP contribution in [0.25, 0.3) is 0 Å². The zero-order chi connectivity index (χ0) is 16.4. The largest absolute Gasteiger partial charge is 0.361 e. The van der Waals surface area contributed by atoms with E-state index >= 15 is 0 Å². The molecule has 2 aromatic rings. The highest BCUT2D eigenvalue weighted by atomic mass is 19.1. The van der Waals surface area contributed by atoms with Crippen LogP contribution in [0, 0.1) is 15.9 Å². The van der Waals surface area contributed by atoms with Crippen molar-refractivity contribution < 1.29 is 9.31 Å². The van der Waals surface area contributed by atoms with Crippen LogP contribution in [-0.2, 0) is 13.0 Å². The van der Waals surface area contributed by atoms with Crippen LogP contribution in [0.1, 0.15) is 11.1 Å². The predicted molar refractivity (Wildman–Crippen MR) is 86.9 cm³/mol. The third-order valence-corrected chi connectivity index (χ3v) is 4.13. The molecule has 0 spiro atoms. The highest BCUT2D eigenvalue weighted by Crippen LogP contribution is 2.30. The van der Waals surface area contributed by atoms with Crippen molar-refractivity contribution in [3.8, 4) is 0 Å². The third-order valence-electron chi connectivity index (χ3n) is 4.13. The van der Waals surface area contributed by atoms with Crippen molar-refractivity contribution in [2.45, 2.75) is 13.0 Å². The van der Waals surface area contributed by atoms with Gasteiger partial charge in [-0.1, -0.05) is 12.1 Å². The molecular formula is C17H18FN3O2. The zero-order valence-corrected chi connectivity index (χ0v) is 12.9. The van der Waals surface area contributed by atoms with Gasteiger partial charge < -0.3 is 4.90 Å². The van der Waals surface area contributed by atoms with Gasteiger partial charge in [-0.3, -0.25) is 15.0 Å². The number of fused-ring (bicyclic) bond motifs is 1. The van der Waals surface area contributed by atoms with Gasteiger partial charge in [-0.2, -0.15) is 0 Å². The van der Waals surface area contributed by atoms with Crippen LogP contribution in [0.2, 0.25) is 0 Å². The minimum atomic E-state index is -0.366. The maximum absolute atomic E-state index is 12.9. The Morgan fingerprint density at radius 2 is 1.96 bits per heavy atom. The Labute approximate surface area is 134 Å². The lowest BCUT2D eigenvalue weighted by Crippen LogP contribution is -2.41. The van der Waals surface area contributed by atoms with Crippen LogP contribution >= 0.6 is 0 Å². The maximum Gasteiger partial charge on any atom is 0.271 e. The van der Waals surface area contributed by atoms with Gasteiger partial charge in [-0.05, 0) is 35.7 Å². The van der Waals surface area contributed by atoms with Gasteiger partial charge in [0.25, 0.3) is 5.69 Å². The van der Waals surface area contributed by atoms with E-state index in [9.17, 15) is 14.5 Å². The van der Waals surface area contributed by atoms with Crippen LogP contribution in [0.3, 0.4) is 0 Å². The van der Waals surface area contributed by atoms with Crippen LogP contribution < -0.4 is 4.90 Å². The monoisotopic (exact) mass is 315 g/mol. The van der Waals surface area contributed by atoms with Crippen molar-refractivity contribution in [1.82, 2.24) is 4.90 Å². The quantitative estimate of drug-likeness (QED) is 0.642. The molecule has 0 aliphatic carbocycles. The van der Waals surface area contributed by atoms with Crippen molar-refractivity contribution in [2.24, 2.45) is 0 Å². The van der Waals surface area contributed by atoms with Crippen LogP contribution in [-0.4, -0.2) is 30.1 Å². The summed E-state index contributed by atoms with van der Waals surface area (Å²) in [5.74, 6) is -0.220. The second kappa shape index (κ2) is 6.34. The molecule has 1 heterocycles. The smallest absolute Gasteiger partial charge is 0.271 e. The van der Waals surface area contributed by atoms with Gasteiger partial charge >= 0.3 is 0 Å². The molecular weight excluding hydrogens is 297 g/mol. The molecule has 6 heteroatoms. The molecule has 0 bridgehead atoms. The summed E-state index contributed by atoms with van der Waals surface area (Å²) in [7, 11) is 1.94. The molecule has 0 saturated heterocycles. The van der Waals surface area contributed by atoms with E-state index in [4.69, 9.17) is 0 Å². The lowest BCUT2D eigenvalue weighted by molar-refractivity contribution is -0.384. The van der Waals surface area contributed by atoms with Gasteiger partial charge in [0.15, 0.2) is 0 Å². The standard InChI is InChI=1S/C17H18FN3O2/c1-19-12-20(9-8-13-2-5-15(18)6-3-13)11-14-4-7-16(21(22)23)10-17(14)19/h2-7,10H,8-9,11-12H2,1H3. The van der Waals surface area contributed by atoms with Gasteiger partial charge in [0.05, 0.1) is 11.6 Å². The van der Waals surface area contributed by atoms with E-state index in [1.165, 1.54) is 12.1 Å². The highest BCUT2D eigenvalue weighted by Gasteiger charge is 2.22. The van der Waals surface area contributed by atoms with Gasteiger partial charge in [-0.25, -0.2) is 4.39 Å². The maximum atomic E-state index is 12.9. The number of nitrogens with zero attached hydrogens (tertiary/aromatic N) is 3. The number of hydrogen-bond donors (Lipinski definition) is 0. The van der Waals surface area contributed by atoms with Crippen LogP contribution in [0.4, 0.5) is 15.8 Å². The molecule has 0 fully saturated rings. The number of benzene rings is 2. The topological polar surface area (TPSA) is 49.6 Å². The molecule has 0 aromatic heterocycles. The fraction of sp³-hybridized carbons (Fsp3) is 0.294. The molecule has 2 aromatic carbocycles. The van der Waals surface area contributed by atoms with Crippen molar-refractivity contribution in [1.29, 1.82) is 0 Å². The number of anilines is 1. The molecule has 23 heavy (non-hydrogen) atoms. The van der Waals surface area contributed by atoms with E-state index in [1.807, 2.05) is 18.0 Å². The molecule has 0 unspecified atom stereocenters. The van der Waals surface area contributed by atoms with E-state index in [2.05, 4.69) is 4.90 Å². The second-order valence-corrected chi connectivity index (χ2v) is 5.84. The van der Waals surface area contributed by atoms with Gasteiger partial charge in [-0.15, -0.1) is 0 Å². The number of halogens is 1. The van der Waals surface area contributed by atoms with Crippen molar-refractivity contribution >= 4 is 11.4 Å². The summed E-state index contributed by atoms with van der Waals surface area (Å²) in [6, 6.07) is 11.6. The average molecular weight is 315 g/mol. The van der Waals surface area contributed by atoms with Crippen LogP contribution in [0.15, 0.2) is 42.5 Å². The number of non-ortho nitro benzene ring substituents is 1. The Morgan fingerprint density at radius 1 is 1.22 bits per heavy atom. The molecule has 120 valence electrons. The van der Waals surface area contributed by atoms with Gasteiger partial charge in [0, 0.05) is 38.0 Å². The van der Waals surface area contributed by atoms with E-state index in [0.717, 1.165) is 43.0 Å². The van der Waals surface area contributed by atoms with Crippen molar-refractivity contribution in [3.05, 3.63) is 69.5 Å². The minimum absolute atomic E-state index is 0.121. The molecule has 0 saturated carbocycles. The molecule has 1 aliphatic heterocycles. The Kier molecular flexibility index (Phi) is 4.25. The van der Waals surface area contributed by atoms with E-state index in [0.29, 0.717) is 0 Å². The summed E-state index contributed by atoms with van der Waals surface area (Å²) in [6.07, 6.45) is 0.844. The molecule has 0 amide bonds. The Hall–Kier alpha value is -2.47. The molecule has 1 aliphatic rings. The first-order valence-corrected chi connectivity index (χ1v) is 7.48. The summed E-state index contributed by atoms with van der Waals surface area (Å²) in [5.41, 5.74) is 3.22. The summed E-state index contributed by atoms with van der Waals surface area (Å²) in [5, 5.41) is 10.9. The number of hydrogen-bond acceptors (Lipinski definition) is 4. The Balaban J connectivity index is 1.68. The molecule has 3 rings (SSSR count).